The molecule has 0 heterocycles. The standard InChI is InChI=1S/4H2O.O.Sm/h4*1H2;;/q;;;;-2;+3/p-1. The Hall–Kier alpha value is 1.14. The van der Waals surface area contributed by atoms with Crippen LogP contribution in [-0.4, -0.2) is 21.9 Å². The van der Waals surface area contributed by atoms with Gasteiger partial charge in [0, 0.05) is 0 Å². The predicted octanol–water partition coefficient (Wildman–Crippen LogP) is -2.77. The van der Waals surface area contributed by atoms with Crippen LogP contribution in [0.4, 0.5) is 0 Å². The average Bonchev–Trinajstić information content (AvgIpc) is 0. The molecule has 6 heavy (non-hydrogen) atoms. The molecule has 0 rings (SSSR count). The van der Waals surface area contributed by atoms with E-state index in [1.807, 2.05) is 0 Å². The predicted molar refractivity (Wildman–Crippen MR) is 13.5 cm³/mol. The molecule has 0 saturated heterocycles. The summed E-state index contributed by atoms with van der Waals surface area (Å²) < 4.78 is 0. The van der Waals surface area contributed by atoms with Gasteiger partial charge in [-0.3, -0.25) is 0 Å². The first kappa shape index (κ1) is 208. The molecular formula is H7O5Sm. The molecule has 0 amide bonds. The van der Waals surface area contributed by atoms with Gasteiger partial charge in [-0.05, 0) is 0 Å². The monoisotopic (exact) mass is 239 g/mol. The van der Waals surface area contributed by atoms with Crippen LogP contribution in [-0.2, 0) is 5.48 Å². The first-order chi connectivity index (χ1) is 0. The molecule has 0 saturated carbocycles. The minimum absolute atomic E-state index is 0. The third-order valence-corrected chi connectivity index (χ3v) is 0. The SMILES string of the molecule is O.O.O.[O-2].[OH-].[Sm+3]. The maximum absolute atomic E-state index is 0. The van der Waals surface area contributed by atoms with Crippen molar-refractivity contribution in [3.05, 3.63) is 0 Å². The average molecular weight is 237 g/mol. The molecule has 0 bridgehead atoms. The molecule has 0 aliphatic carbocycles. The molecule has 7 N–H and O–H groups in total. The van der Waals surface area contributed by atoms with E-state index >= 15 is 0 Å². The van der Waals surface area contributed by atoms with E-state index in [0.29, 0.717) is 0 Å². The van der Waals surface area contributed by atoms with Crippen molar-refractivity contribution in [3.63, 3.8) is 0 Å². The maximum atomic E-state index is 0. The van der Waals surface area contributed by atoms with Crippen molar-refractivity contribution >= 4 is 0 Å². The van der Waals surface area contributed by atoms with Gasteiger partial charge < -0.3 is 27.4 Å². The van der Waals surface area contributed by atoms with Crippen LogP contribution in [0.2, 0.25) is 0 Å². The molecule has 0 spiro atoms. The largest absolute Gasteiger partial charge is 3.00 e. The van der Waals surface area contributed by atoms with Crippen LogP contribution in [0.1, 0.15) is 0 Å². The zero-order valence-electron chi connectivity index (χ0n) is 2.76. The molecule has 0 atom stereocenters. The van der Waals surface area contributed by atoms with Crippen LogP contribution in [0.3, 0.4) is 0 Å². The van der Waals surface area contributed by atoms with Gasteiger partial charge in [0.15, 0.2) is 0 Å². The second kappa shape index (κ2) is 125. The smallest absolute Gasteiger partial charge is 2.00 e. The quantitative estimate of drug-likeness (QED) is 0.440. The summed E-state index contributed by atoms with van der Waals surface area (Å²) >= 11 is 0. The minimum atomic E-state index is 0. The molecule has 1 radical (unpaired) electrons. The van der Waals surface area contributed by atoms with Gasteiger partial charge in [0.05, 0.1) is 0 Å². The fourth-order valence-electron chi connectivity index (χ4n) is 0. The zero-order chi connectivity index (χ0) is 0. The Morgan fingerprint density at radius 2 is 0.667 bits per heavy atom. The fourth-order valence-corrected chi connectivity index (χ4v) is 0. The molecule has 0 aromatic carbocycles. The summed E-state index contributed by atoms with van der Waals surface area (Å²) in [5, 5.41) is 0. The van der Waals surface area contributed by atoms with Crippen molar-refractivity contribution in [2.75, 3.05) is 0 Å². The second-order valence-corrected chi connectivity index (χ2v) is 0. The van der Waals surface area contributed by atoms with Gasteiger partial charge in [-0.25, -0.2) is 0 Å². The van der Waals surface area contributed by atoms with E-state index in [1.54, 1.807) is 0 Å². The zero-order valence-corrected chi connectivity index (χ0v) is 5.38. The third-order valence-electron chi connectivity index (χ3n) is 0. The minimum Gasteiger partial charge on any atom is -2.00 e. The van der Waals surface area contributed by atoms with E-state index in [1.165, 1.54) is 0 Å². The maximum Gasteiger partial charge on any atom is 3.00 e. The number of hydrogen-bond donors (Lipinski definition) is 0. The Morgan fingerprint density at radius 3 is 0.667 bits per heavy atom. The van der Waals surface area contributed by atoms with Crippen LogP contribution in [0.15, 0.2) is 0 Å². The van der Waals surface area contributed by atoms with Gasteiger partial charge in [-0.2, -0.15) is 0 Å². The van der Waals surface area contributed by atoms with E-state index in [2.05, 4.69) is 0 Å². The van der Waals surface area contributed by atoms with Gasteiger partial charge in [-0.1, -0.05) is 0 Å². The van der Waals surface area contributed by atoms with Gasteiger partial charge in [0.2, 0.25) is 0 Å². The molecule has 43 valence electrons. The van der Waals surface area contributed by atoms with Gasteiger partial charge in [0.25, 0.3) is 0 Å². The summed E-state index contributed by atoms with van der Waals surface area (Å²) in [6.45, 7) is 0. The van der Waals surface area contributed by atoms with Crippen molar-refractivity contribution in [1.29, 1.82) is 0 Å². The van der Waals surface area contributed by atoms with Crippen molar-refractivity contribution < 1.29 is 67.8 Å². The Labute approximate surface area is 67.4 Å². The summed E-state index contributed by atoms with van der Waals surface area (Å²) in [5.41, 5.74) is 0. The van der Waals surface area contributed by atoms with Crippen LogP contribution in [0.5, 0.6) is 0 Å². The van der Waals surface area contributed by atoms with E-state index in [-0.39, 0.29) is 67.8 Å². The topological polar surface area (TPSA) is 153 Å². The van der Waals surface area contributed by atoms with Crippen molar-refractivity contribution in [3.8, 4) is 0 Å². The van der Waals surface area contributed by atoms with Crippen molar-refractivity contribution in [2.24, 2.45) is 0 Å². The number of hydrogen-bond acceptors (Lipinski definition) is 1. The van der Waals surface area contributed by atoms with Gasteiger partial charge >= 0.3 is 40.4 Å². The summed E-state index contributed by atoms with van der Waals surface area (Å²) in [4.78, 5) is 0. The van der Waals surface area contributed by atoms with Crippen LogP contribution in [0, 0.1) is 40.4 Å². The first-order valence-electron chi connectivity index (χ1n) is 0. The van der Waals surface area contributed by atoms with E-state index in [0.717, 1.165) is 0 Å². The fraction of sp³-hybridized carbons (Fsp3) is 0. The molecule has 0 unspecified atom stereocenters. The molecule has 0 fully saturated rings. The molecule has 0 aromatic heterocycles. The molecular weight excluding hydrogens is 230 g/mol. The molecule has 0 aliphatic heterocycles. The van der Waals surface area contributed by atoms with Crippen molar-refractivity contribution in [1.82, 2.24) is 0 Å². The van der Waals surface area contributed by atoms with Crippen LogP contribution < -0.4 is 0 Å². The Bertz CT molecular complexity index is 3.90. The molecule has 6 heteroatoms. The van der Waals surface area contributed by atoms with E-state index in [9.17, 15) is 0 Å². The third kappa shape index (κ3) is 68.0. The Morgan fingerprint density at radius 1 is 0.667 bits per heavy atom. The summed E-state index contributed by atoms with van der Waals surface area (Å²) in [5.74, 6) is 0. The molecule has 0 aliphatic rings. The Balaban J connectivity index is 0. The first-order valence-corrected chi connectivity index (χ1v) is 0. The summed E-state index contributed by atoms with van der Waals surface area (Å²) in [6.07, 6.45) is 0. The molecule has 0 aromatic rings. The van der Waals surface area contributed by atoms with Crippen LogP contribution >= 0.6 is 0 Å². The summed E-state index contributed by atoms with van der Waals surface area (Å²) in [7, 11) is 0. The van der Waals surface area contributed by atoms with Gasteiger partial charge in [-0.15, -0.1) is 0 Å². The molecule has 5 nitrogen and oxygen atoms in total. The summed E-state index contributed by atoms with van der Waals surface area (Å²) in [6, 6.07) is 0. The van der Waals surface area contributed by atoms with E-state index < -0.39 is 0 Å². The normalized spacial score (nSPS) is 0. The van der Waals surface area contributed by atoms with Crippen molar-refractivity contribution in [2.45, 2.75) is 0 Å². The van der Waals surface area contributed by atoms with Gasteiger partial charge in [0.1, 0.15) is 0 Å². The second-order valence-electron chi connectivity index (χ2n) is 0. The Kier molecular flexibility index (Phi) is 4330. The number of rotatable bonds is 0. The van der Waals surface area contributed by atoms with Crippen LogP contribution in [0.25, 0.3) is 0 Å². The van der Waals surface area contributed by atoms with E-state index in [4.69, 9.17) is 0 Å².